The molecule has 0 aliphatic carbocycles. The molecule has 2 atom stereocenters. The fourth-order valence-corrected chi connectivity index (χ4v) is 4.20. The number of nitrogens with one attached hydrogen (secondary N) is 1. The smallest absolute Gasteiger partial charge is 0.266 e. The van der Waals surface area contributed by atoms with Crippen molar-refractivity contribution in [3.05, 3.63) is 81.7 Å². The molecule has 10 heteroatoms. The van der Waals surface area contributed by atoms with Crippen molar-refractivity contribution in [3.8, 4) is 5.69 Å². The monoisotopic (exact) mass is 469 g/mol. The Labute approximate surface area is 193 Å². The van der Waals surface area contributed by atoms with Crippen molar-refractivity contribution in [2.24, 2.45) is 5.92 Å². The first kappa shape index (κ1) is 21.6. The van der Waals surface area contributed by atoms with Crippen molar-refractivity contribution in [1.82, 2.24) is 19.3 Å². The number of benzene rings is 1. The number of anilines is 1. The van der Waals surface area contributed by atoms with E-state index in [9.17, 15) is 14.3 Å². The molecule has 33 heavy (non-hydrogen) atoms. The van der Waals surface area contributed by atoms with Gasteiger partial charge in [-0.2, -0.15) is 5.10 Å². The largest absolute Gasteiger partial charge is 0.396 e. The van der Waals surface area contributed by atoms with E-state index >= 15 is 0 Å². The van der Waals surface area contributed by atoms with Gasteiger partial charge >= 0.3 is 0 Å². The second-order valence-electron chi connectivity index (χ2n) is 7.94. The lowest BCUT2D eigenvalue weighted by Crippen LogP contribution is -2.30. The molecule has 0 amide bonds. The minimum absolute atomic E-state index is 0.00507. The van der Waals surface area contributed by atoms with Crippen LogP contribution in [-0.2, 0) is 11.3 Å². The summed E-state index contributed by atoms with van der Waals surface area (Å²) in [5.74, 6) is 0.157. The van der Waals surface area contributed by atoms with Gasteiger partial charge in [0.2, 0.25) is 0 Å². The Bertz CT molecular complexity index is 1370. The number of nitrogens with zero attached hydrogens (tertiary/aromatic N) is 4. The number of ether oxygens (including phenoxy) is 1. The van der Waals surface area contributed by atoms with E-state index in [0.29, 0.717) is 46.2 Å². The lowest BCUT2D eigenvalue weighted by atomic mass is 10.1. The average molecular weight is 470 g/mol. The quantitative estimate of drug-likeness (QED) is 0.451. The molecule has 1 aromatic carbocycles. The highest BCUT2D eigenvalue weighted by Crippen LogP contribution is 2.25. The molecule has 0 bridgehead atoms. The number of hydrogen-bond acceptors (Lipinski definition) is 6. The minimum Gasteiger partial charge on any atom is -0.396 e. The molecule has 2 unspecified atom stereocenters. The van der Waals surface area contributed by atoms with Crippen LogP contribution in [0.1, 0.15) is 5.56 Å². The molecule has 0 spiro atoms. The van der Waals surface area contributed by atoms with Crippen molar-refractivity contribution >= 4 is 28.3 Å². The molecule has 5 rings (SSSR count). The predicted molar refractivity (Wildman–Crippen MR) is 122 cm³/mol. The number of aromatic nitrogens is 4. The number of halogens is 2. The molecular formula is C23H21ClFN5O3. The van der Waals surface area contributed by atoms with Gasteiger partial charge in [-0.3, -0.25) is 14.0 Å². The molecule has 1 fully saturated rings. The van der Waals surface area contributed by atoms with E-state index in [2.05, 4.69) is 15.4 Å². The van der Waals surface area contributed by atoms with Gasteiger partial charge in [0.25, 0.3) is 5.56 Å². The van der Waals surface area contributed by atoms with Gasteiger partial charge in [-0.1, -0.05) is 29.8 Å². The van der Waals surface area contributed by atoms with Crippen LogP contribution in [0.15, 0.2) is 59.8 Å². The summed E-state index contributed by atoms with van der Waals surface area (Å²) in [5.41, 5.74) is 1.24. The number of hydrogen-bond donors (Lipinski definition) is 2. The van der Waals surface area contributed by atoms with Crippen LogP contribution in [0, 0.1) is 11.7 Å². The van der Waals surface area contributed by atoms with E-state index in [1.807, 2.05) is 0 Å². The molecule has 170 valence electrons. The Morgan fingerprint density at radius 2 is 2.09 bits per heavy atom. The van der Waals surface area contributed by atoms with Crippen molar-refractivity contribution in [2.75, 3.05) is 25.1 Å². The Morgan fingerprint density at radius 1 is 1.24 bits per heavy atom. The summed E-state index contributed by atoms with van der Waals surface area (Å²) in [5, 5.41) is 17.7. The van der Waals surface area contributed by atoms with Gasteiger partial charge in [-0.15, -0.1) is 0 Å². The molecule has 1 aliphatic rings. The van der Waals surface area contributed by atoms with Crippen LogP contribution >= 0.6 is 11.6 Å². The third-order valence-corrected chi connectivity index (χ3v) is 6.14. The van der Waals surface area contributed by atoms with E-state index < -0.39 is 0 Å². The summed E-state index contributed by atoms with van der Waals surface area (Å²) in [4.78, 5) is 17.6. The van der Waals surface area contributed by atoms with Gasteiger partial charge in [-0.05, 0) is 12.1 Å². The van der Waals surface area contributed by atoms with Crippen LogP contribution < -0.4 is 10.9 Å². The van der Waals surface area contributed by atoms with E-state index in [0.717, 1.165) is 0 Å². The van der Waals surface area contributed by atoms with Gasteiger partial charge in [0, 0.05) is 23.7 Å². The number of rotatable bonds is 6. The summed E-state index contributed by atoms with van der Waals surface area (Å²) in [6, 6.07) is 9.82. The number of aliphatic hydroxyl groups excluding tert-OH is 1. The van der Waals surface area contributed by atoms with E-state index in [4.69, 9.17) is 16.3 Å². The molecule has 8 nitrogen and oxygen atoms in total. The second-order valence-corrected chi connectivity index (χ2v) is 8.34. The SMILES string of the molecule is O=c1c2cnn(Cc3ccccc3F)c2ccn1-c1cc(NC2COCC2CO)ncc1Cl. The standard InChI is InChI=1S/C23H21ClFN5O3/c24-17-9-26-22(28-19-13-33-12-15(19)11-31)7-21(17)29-6-5-20-16(23(29)32)8-27-30(20)10-14-3-1-2-4-18(14)25/h1-9,15,19,31H,10-13H2,(H,26,28). The highest BCUT2D eigenvalue weighted by atomic mass is 35.5. The summed E-state index contributed by atoms with van der Waals surface area (Å²) >= 11 is 6.38. The predicted octanol–water partition coefficient (Wildman–Crippen LogP) is 2.84. The van der Waals surface area contributed by atoms with Crippen molar-refractivity contribution in [2.45, 2.75) is 12.6 Å². The molecule has 2 N–H and O–H groups in total. The highest BCUT2D eigenvalue weighted by Gasteiger charge is 2.28. The highest BCUT2D eigenvalue weighted by molar-refractivity contribution is 6.32. The van der Waals surface area contributed by atoms with E-state index in [1.54, 1.807) is 41.2 Å². The molecular weight excluding hydrogens is 449 g/mol. The maximum absolute atomic E-state index is 14.1. The zero-order valence-electron chi connectivity index (χ0n) is 17.5. The van der Waals surface area contributed by atoms with Crippen LogP contribution in [0.25, 0.3) is 16.6 Å². The Kier molecular flexibility index (Phi) is 5.84. The summed E-state index contributed by atoms with van der Waals surface area (Å²) in [6.07, 6.45) is 4.57. The molecule has 0 saturated carbocycles. The molecule has 0 radical (unpaired) electrons. The molecule has 1 saturated heterocycles. The Hall–Kier alpha value is -3.27. The Balaban J connectivity index is 1.48. The van der Waals surface area contributed by atoms with Crippen molar-refractivity contribution in [1.29, 1.82) is 0 Å². The van der Waals surface area contributed by atoms with Gasteiger partial charge in [0.15, 0.2) is 0 Å². The lowest BCUT2D eigenvalue weighted by Gasteiger charge is -2.18. The van der Waals surface area contributed by atoms with E-state index in [-0.39, 0.29) is 36.5 Å². The van der Waals surface area contributed by atoms with Crippen LogP contribution in [0.5, 0.6) is 0 Å². The van der Waals surface area contributed by atoms with Gasteiger partial charge in [-0.25, -0.2) is 9.37 Å². The third-order valence-electron chi connectivity index (χ3n) is 5.85. The van der Waals surface area contributed by atoms with Crippen LogP contribution in [0.3, 0.4) is 0 Å². The lowest BCUT2D eigenvalue weighted by molar-refractivity contribution is 0.161. The van der Waals surface area contributed by atoms with Crippen molar-refractivity contribution < 1.29 is 14.2 Å². The number of pyridine rings is 2. The summed E-state index contributed by atoms with van der Waals surface area (Å²) < 4.78 is 22.5. The normalized spacial score (nSPS) is 18.2. The molecule has 3 aromatic heterocycles. The molecule has 1 aliphatic heterocycles. The fraction of sp³-hybridized carbons (Fsp3) is 0.261. The zero-order valence-corrected chi connectivity index (χ0v) is 18.2. The van der Waals surface area contributed by atoms with Gasteiger partial charge in [0.05, 0.1) is 66.4 Å². The van der Waals surface area contributed by atoms with Crippen molar-refractivity contribution in [3.63, 3.8) is 0 Å². The minimum atomic E-state index is -0.325. The van der Waals surface area contributed by atoms with Gasteiger partial charge < -0.3 is 15.2 Å². The second kappa shape index (κ2) is 8.93. The molecule has 4 heterocycles. The molecule has 4 aromatic rings. The van der Waals surface area contributed by atoms with E-state index in [1.165, 1.54) is 23.0 Å². The maximum atomic E-state index is 14.1. The summed E-state index contributed by atoms with van der Waals surface area (Å²) in [6.45, 7) is 1.14. The summed E-state index contributed by atoms with van der Waals surface area (Å²) in [7, 11) is 0. The van der Waals surface area contributed by atoms with Gasteiger partial charge in [0.1, 0.15) is 11.6 Å². The van der Waals surface area contributed by atoms with Crippen LogP contribution in [0.4, 0.5) is 10.2 Å². The third kappa shape index (κ3) is 4.10. The zero-order chi connectivity index (χ0) is 22.9. The fourth-order valence-electron chi connectivity index (χ4n) is 4.00. The number of fused-ring (bicyclic) bond motifs is 1. The van der Waals surface area contributed by atoms with Crippen LogP contribution in [0.2, 0.25) is 5.02 Å². The Morgan fingerprint density at radius 3 is 2.91 bits per heavy atom. The first-order valence-corrected chi connectivity index (χ1v) is 10.8. The average Bonchev–Trinajstić information content (AvgIpc) is 3.44. The maximum Gasteiger partial charge on any atom is 0.266 e. The van der Waals surface area contributed by atoms with Crippen LogP contribution in [-0.4, -0.2) is 50.3 Å². The number of aliphatic hydroxyl groups is 1. The first-order chi connectivity index (χ1) is 16.0. The first-order valence-electron chi connectivity index (χ1n) is 10.5. The topological polar surface area (TPSA) is 94.2 Å².